The predicted octanol–water partition coefficient (Wildman–Crippen LogP) is 4.54. The van der Waals surface area contributed by atoms with Gasteiger partial charge in [-0.25, -0.2) is 28.0 Å². The number of nitrogens with zero attached hydrogens (tertiary/aromatic N) is 3. The molecule has 0 amide bonds. The molecule has 144 valence electrons. The van der Waals surface area contributed by atoms with Crippen LogP contribution in [0, 0.1) is 22.6 Å². The zero-order valence-corrected chi connectivity index (χ0v) is 15.0. The van der Waals surface area contributed by atoms with Crippen molar-refractivity contribution in [2.45, 2.75) is 0 Å². The molecule has 0 saturated heterocycles. The average Bonchev–Trinajstić information content (AvgIpc) is 3.02. The first-order valence-electron chi connectivity index (χ1n) is 7.69. The molecule has 1 aromatic heterocycles. The normalized spacial score (nSPS) is 11.2. The summed E-state index contributed by atoms with van der Waals surface area (Å²) in [6.45, 7) is 0. The van der Waals surface area contributed by atoms with Crippen molar-refractivity contribution in [2.75, 3.05) is 12.1 Å². The van der Waals surface area contributed by atoms with Gasteiger partial charge in [0.05, 0.1) is 17.3 Å². The van der Waals surface area contributed by atoms with Gasteiger partial charge in [-0.15, -0.1) is 0 Å². The van der Waals surface area contributed by atoms with Gasteiger partial charge in [0.1, 0.15) is 23.1 Å². The Morgan fingerprint density at radius 2 is 1.86 bits per heavy atom. The number of hydrazone groups is 1. The highest BCUT2D eigenvalue weighted by atomic mass is 32.1. The van der Waals surface area contributed by atoms with Crippen LogP contribution < -0.4 is 5.01 Å². The van der Waals surface area contributed by atoms with Crippen molar-refractivity contribution >= 4 is 28.7 Å². The van der Waals surface area contributed by atoms with Crippen molar-refractivity contribution < 1.29 is 27.5 Å². The number of anilines is 1. The molecule has 0 aliphatic carbocycles. The van der Waals surface area contributed by atoms with Gasteiger partial charge < -0.3 is 5.11 Å². The Labute approximate surface area is 160 Å². The molecule has 3 rings (SSSR count). The van der Waals surface area contributed by atoms with E-state index >= 15 is 0 Å². The first-order chi connectivity index (χ1) is 13.3. The summed E-state index contributed by atoms with van der Waals surface area (Å²) < 4.78 is 55.2. The topological polar surface area (TPSA) is 65.8 Å². The number of benzene rings is 2. The van der Waals surface area contributed by atoms with E-state index in [0.29, 0.717) is 11.3 Å². The van der Waals surface area contributed by atoms with Crippen LogP contribution >= 0.6 is 11.3 Å². The van der Waals surface area contributed by atoms with Crippen LogP contribution in [0.4, 0.5) is 22.7 Å². The highest BCUT2D eigenvalue weighted by Gasteiger charge is 2.21. The van der Waals surface area contributed by atoms with Crippen molar-refractivity contribution in [2.24, 2.45) is 5.10 Å². The number of hydrogen-bond acceptors (Lipinski definition) is 5. The lowest BCUT2D eigenvalue weighted by molar-refractivity contribution is 0.0696. The number of thiazole rings is 1. The number of hydrogen-bond donors (Lipinski definition) is 1. The number of carbonyl (C=O) groups is 1. The van der Waals surface area contributed by atoms with Crippen molar-refractivity contribution in [1.29, 1.82) is 0 Å². The number of aromatic nitrogens is 1. The first-order valence-corrected chi connectivity index (χ1v) is 8.51. The molecule has 2 aromatic carbocycles. The van der Waals surface area contributed by atoms with E-state index in [1.165, 1.54) is 13.1 Å². The third kappa shape index (κ3) is 3.86. The molecule has 1 heterocycles. The van der Waals surface area contributed by atoms with Gasteiger partial charge in [0.15, 0.2) is 0 Å². The van der Waals surface area contributed by atoms with E-state index in [9.17, 15) is 22.4 Å². The molecule has 0 aliphatic rings. The van der Waals surface area contributed by atoms with Gasteiger partial charge in [-0.2, -0.15) is 9.49 Å². The molecule has 0 radical (unpaired) electrons. The summed E-state index contributed by atoms with van der Waals surface area (Å²) in [5.41, 5.74) is -1.29. The lowest BCUT2D eigenvalue weighted by Crippen LogP contribution is -2.10. The fraction of sp³-hybridized carbons (Fsp3) is 0.0556. The average molecular weight is 409 g/mol. The second kappa shape index (κ2) is 7.77. The minimum absolute atomic E-state index is 0.0228. The van der Waals surface area contributed by atoms with Crippen LogP contribution in [0.3, 0.4) is 0 Å². The molecule has 5 nitrogen and oxygen atoms in total. The van der Waals surface area contributed by atoms with E-state index in [-0.39, 0.29) is 16.3 Å². The van der Waals surface area contributed by atoms with Gasteiger partial charge in [-0.1, -0.05) is 17.4 Å². The van der Waals surface area contributed by atoms with Gasteiger partial charge in [-0.3, -0.25) is 0 Å². The largest absolute Gasteiger partial charge is 0.478 e. The molecule has 0 fully saturated rings. The molecule has 1 N–H and O–H groups in total. The quantitative estimate of drug-likeness (QED) is 0.382. The minimum Gasteiger partial charge on any atom is -0.478 e. The fourth-order valence-corrected chi connectivity index (χ4v) is 3.05. The molecule has 0 saturated carbocycles. The maximum absolute atomic E-state index is 14.2. The maximum Gasteiger partial charge on any atom is 0.336 e. The second-order valence-electron chi connectivity index (χ2n) is 5.52. The Kier molecular flexibility index (Phi) is 5.41. The van der Waals surface area contributed by atoms with Crippen LogP contribution in [-0.2, 0) is 0 Å². The standard InChI is InChI=1S/C18H11F4N3O2S/c1-25(23-8-9-5-6-10(19)7-11(9)17(26)27)18-24-15(16(22)28-18)14-12(20)3-2-4-13(14)21/h2-8H,1H3,(H,26,27)/b23-8+. The highest BCUT2D eigenvalue weighted by Crippen LogP contribution is 2.34. The lowest BCUT2D eigenvalue weighted by atomic mass is 10.1. The summed E-state index contributed by atoms with van der Waals surface area (Å²) >= 11 is 0.508. The van der Waals surface area contributed by atoms with E-state index in [0.717, 1.165) is 41.6 Å². The molecule has 10 heteroatoms. The van der Waals surface area contributed by atoms with Crippen molar-refractivity contribution in [3.05, 3.63) is 70.1 Å². The molecule has 0 atom stereocenters. The van der Waals surface area contributed by atoms with Gasteiger partial charge in [0, 0.05) is 12.6 Å². The maximum atomic E-state index is 14.2. The number of carboxylic acids is 1. The molecule has 28 heavy (non-hydrogen) atoms. The Hall–Kier alpha value is -3.27. The smallest absolute Gasteiger partial charge is 0.336 e. The number of rotatable bonds is 5. The van der Waals surface area contributed by atoms with E-state index in [2.05, 4.69) is 10.1 Å². The molecule has 0 bridgehead atoms. The molecular formula is C18H11F4N3O2S. The molecule has 0 aliphatic heterocycles. The monoisotopic (exact) mass is 409 g/mol. The summed E-state index contributed by atoms with van der Waals surface area (Å²) in [6.07, 6.45) is 1.13. The van der Waals surface area contributed by atoms with E-state index in [1.807, 2.05) is 0 Å². The van der Waals surface area contributed by atoms with Crippen molar-refractivity contribution in [1.82, 2.24) is 4.98 Å². The van der Waals surface area contributed by atoms with Crippen molar-refractivity contribution in [3.63, 3.8) is 0 Å². The lowest BCUT2D eigenvalue weighted by Gasteiger charge is -2.08. The summed E-state index contributed by atoms with van der Waals surface area (Å²) in [5, 5.41) is 13.2. The fourth-order valence-electron chi connectivity index (χ4n) is 2.33. The van der Waals surface area contributed by atoms with E-state index in [4.69, 9.17) is 5.11 Å². The Morgan fingerprint density at radius 1 is 1.18 bits per heavy atom. The number of aromatic carboxylic acids is 1. The second-order valence-corrected chi connectivity index (χ2v) is 6.45. The summed E-state index contributed by atoms with van der Waals surface area (Å²) in [6, 6.07) is 6.25. The highest BCUT2D eigenvalue weighted by molar-refractivity contribution is 7.14. The van der Waals surface area contributed by atoms with Crippen LogP contribution in [0.15, 0.2) is 41.5 Å². The number of carboxylic acid groups (broad SMARTS) is 1. The molecular weight excluding hydrogens is 398 g/mol. The van der Waals surface area contributed by atoms with Gasteiger partial charge in [0.2, 0.25) is 10.3 Å². The summed E-state index contributed by atoms with van der Waals surface area (Å²) in [4.78, 5) is 15.1. The molecule has 3 aromatic rings. The van der Waals surface area contributed by atoms with Crippen LogP contribution in [0.1, 0.15) is 15.9 Å². The summed E-state index contributed by atoms with van der Waals surface area (Å²) in [7, 11) is 1.39. The van der Waals surface area contributed by atoms with Gasteiger partial charge >= 0.3 is 5.97 Å². The molecule has 0 spiro atoms. The third-order valence-electron chi connectivity index (χ3n) is 3.67. The van der Waals surface area contributed by atoms with Crippen LogP contribution in [0.2, 0.25) is 0 Å². The van der Waals surface area contributed by atoms with Crippen LogP contribution in [0.5, 0.6) is 0 Å². The Bertz CT molecular complexity index is 1060. The molecule has 0 unspecified atom stereocenters. The van der Waals surface area contributed by atoms with Crippen LogP contribution in [-0.4, -0.2) is 29.3 Å². The first kappa shape index (κ1) is 19.5. The SMILES string of the molecule is CN(/N=C/c1ccc(F)cc1C(=O)O)c1nc(-c2c(F)cccc2F)c(F)s1. The summed E-state index contributed by atoms with van der Waals surface area (Å²) in [5.74, 6) is -3.98. The van der Waals surface area contributed by atoms with Gasteiger partial charge in [-0.05, 0) is 30.3 Å². The minimum atomic E-state index is -1.35. The zero-order chi connectivity index (χ0) is 20.4. The Balaban J connectivity index is 1.92. The third-order valence-corrected chi connectivity index (χ3v) is 4.58. The van der Waals surface area contributed by atoms with Gasteiger partial charge in [0.25, 0.3) is 0 Å². The van der Waals surface area contributed by atoms with E-state index in [1.54, 1.807) is 0 Å². The Morgan fingerprint density at radius 3 is 2.50 bits per heavy atom. The van der Waals surface area contributed by atoms with Crippen molar-refractivity contribution in [3.8, 4) is 11.3 Å². The van der Waals surface area contributed by atoms with Crippen LogP contribution in [0.25, 0.3) is 11.3 Å². The van der Waals surface area contributed by atoms with E-state index < -0.39 is 39.8 Å². The zero-order valence-electron chi connectivity index (χ0n) is 14.2. The number of halogens is 4. The predicted molar refractivity (Wildman–Crippen MR) is 96.8 cm³/mol.